The quantitative estimate of drug-likeness (QED) is 0.662. The molecule has 0 aromatic heterocycles. The van der Waals surface area contributed by atoms with Crippen LogP contribution in [-0.4, -0.2) is 44.4 Å². The highest BCUT2D eigenvalue weighted by molar-refractivity contribution is 9.10. The third-order valence-corrected chi connectivity index (χ3v) is 6.67. The highest BCUT2D eigenvalue weighted by Gasteiger charge is 2.41. The molecule has 2 saturated heterocycles. The maximum atomic E-state index is 15.0. The lowest BCUT2D eigenvalue weighted by atomic mass is 9.73. The number of hydrogen-bond acceptors (Lipinski definition) is 4. The van der Waals surface area contributed by atoms with Crippen molar-refractivity contribution in [1.29, 1.82) is 0 Å². The lowest BCUT2D eigenvalue weighted by Crippen LogP contribution is -2.46. The van der Waals surface area contributed by atoms with Gasteiger partial charge in [0.25, 0.3) is 0 Å². The van der Waals surface area contributed by atoms with E-state index in [-0.39, 0.29) is 23.9 Å². The first-order chi connectivity index (χ1) is 14.9. The molecule has 7 heteroatoms. The maximum absolute atomic E-state index is 15.0. The summed E-state index contributed by atoms with van der Waals surface area (Å²) < 4.78 is 27.2. The van der Waals surface area contributed by atoms with E-state index in [1.165, 1.54) is 6.07 Å². The molecule has 0 bridgehead atoms. The minimum atomic E-state index is -0.691. The summed E-state index contributed by atoms with van der Waals surface area (Å²) >= 11 is 3.45. The highest BCUT2D eigenvalue weighted by Crippen LogP contribution is 2.37. The van der Waals surface area contributed by atoms with Crippen LogP contribution in [0.3, 0.4) is 0 Å². The van der Waals surface area contributed by atoms with Crippen LogP contribution in [0, 0.1) is 5.82 Å². The first-order valence-corrected chi connectivity index (χ1v) is 11.5. The Hall–Kier alpha value is -1.96. The van der Waals surface area contributed by atoms with Gasteiger partial charge in [0.2, 0.25) is 5.91 Å². The van der Waals surface area contributed by atoms with E-state index in [9.17, 15) is 9.18 Å². The molecule has 2 aliphatic heterocycles. The van der Waals surface area contributed by atoms with Crippen LogP contribution in [0.15, 0.2) is 46.9 Å². The molecule has 1 N–H and O–H groups in total. The second kappa shape index (κ2) is 9.27. The minimum Gasteiger partial charge on any atom is -0.381 e. The molecular formula is C24H28BrFN2O3. The topological polar surface area (TPSA) is 50.8 Å². The third kappa shape index (κ3) is 4.78. The first-order valence-electron chi connectivity index (χ1n) is 10.7. The largest absolute Gasteiger partial charge is 0.381 e. The van der Waals surface area contributed by atoms with Gasteiger partial charge in [-0.05, 0) is 62.6 Å². The van der Waals surface area contributed by atoms with Gasteiger partial charge >= 0.3 is 0 Å². The first kappa shape index (κ1) is 22.2. The summed E-state index contributed by atoms with van der Waals surface area (Å²) in [7, 11) is 0. The van der Waals surface area contributed by atoms with E-state index in [0.29, 0.717) is 50.5 Å². The lowest BCUT2D eigenvalue weighted by molar-refractivity contribution is -0.125. The van der Waals surface area contributed by atoms with Crippen LogP contribution in [0.5, 0.6) is 0 Å². The number of anilines is 2. The smallest absolute Gasteiger partial charge is 0.235 e. The number of ether oxygens (including phenoxy) is 2. The molecule has 166 valence electrons. The van der Waals surface area contributed by atoms with E-state index in [4.69, 9.17) is 9.47 Å². The van der Waals surface area contributed by atoms with Crippen molar-refractivity contribution in [1.82, 2.24) is 0 Å². The number of halogens is 2. The molecule has 0 radical (unpaired) electrons. The van der Waals surface area contributed by atoms with Crippen molar-refractivity contribution in [3.8, 4) is 0 Å². The summed E-state index contributed by atoms with van der Waals surface area (Å²) in [6, 6.07) is 12.8. The molecular weight excluding hydrogens is 463 g/mol. The number of carbonyl (C=O) groups is 1. The van der Waals surface area contributed by atoms with Crippen LogP contribution in [0.2, 0.25) is 0 Å². The molecule has 0 saturated carbocycles. The number of hydrogen-bond donors (Lipinski definition) is 1. The van der Waals surface area contributed by atoms with Gasteiger partial charge in [0.15, 0.2) is 0 Å². The predicted molar refractivity (Wildman–Crippen MR) is 123 cm³/mol. The Morgan fingerprint density at radius 3 is 2.35 bits per heavy atom. The second-order valence-electron chi connectivity index (χ2n) is 8.48. The summed E-state index contributed by atoms with van der Waals surface area (Å²) in [5.41, 5.74) is 1.26. The van der Waals surface area contributed by atoms with E-state index < -0.39 is 5.41 Å². The summed E-state index contributed by atoms with van der Waals surface area (Å²) in [6.45, 7) is 6.29. The molecule has 2 aromatic rings. The van der Waals surface area contributed by atoms with E-state index >= 15 is 0 Å². The summed E-state index contributed by atoms with van der Waals surface area (Å²) in [6.07, 6.45) is 1.26. The second-order valence-corrected chi connectivity index (χ2v) is 9.40. The van der Waals surface area contributed by atoms with Gasteiger partial charge in [0.1, 0.15) is 5.82 Å². The molecule has 0 spiro atoms. The molecule has 1 amide bonds. The van der Waals surface area contributed by atoms with Crippen molar-refractivity contribution >= 4 is 33.2 Å². The zero-order valence-corrected chi connectivity index (χ0v) is 19.5. The van der Waals surface area contributed by atoms with Gasteiger partial charge in [-0.3, -0.25) is 4.79 Å². The molecule has 2 unspecified atom stereocenters. The Kier molecular flexibility index (Phi) is 6.65. The number of carbonyl (C=O) groups excluding carboxylic acids is 1. The maximum Gasteiger partial charge on any atom is 0.235 e. The van der Waals surface area contributed by atoms with Gasteiger partial charge in [-0.25, -0.2) is 4.39 Å². The number of rotatable bonds is 4. The van der Waals surface area contributed by atoms with Gasteiger partial charge in [0, 0.05) is 36.5 Å². The van der Waals surface area contributed by atoms with E-state index in [0.717, 1.165) is 10.0 Å². The van der Waals surface area contributed by atoms with E-state index in [2.05, 4.69) is 21.2 Å². The van der Waals surface area contributed by atoms with Crippen LogP contribution in [0.25, 0.3) is 0 Å². The molecule has 2 aromatic carbocycles. The fraction of sp³-hybridized carbons (Fsp3) is 0.458. The summed E-state index contributed by atoms with van der Waals surface area (Å²) in [5.74, 6) is -0.470. The fourth-order valence-corrected chi connectivity index (χ4v) is 4.87. The number of nitrogens with zero attached hydrogens (tertiary/aromatic N) is 1. The summed E-state index contributed by atoms with van der Waals surface area (Å²) in [5, 5.41) is 2.96. The molecule has 2 atom stereocenters. The average Bonchev–Trinajstić information content (AvgIpc) is 2.74. The molecule has 0 aliphatic carbocycles. The van der Waals surface area contributed by atoms with Crippen molar-refractivity contribution in [3.05, 3.63) is 58.3 Å². The number of benzene rings is 2. The molecule has 2 heterocycles. The van der Waals surface area contributed by atoms with Crippen molar-refractivity contribution in [2.24, 2.45) is 0 Å². The van der Waals surface area contributed by atoms with Crippen molar-refractivity contribution < 1.29 is 18.7 Å². The zero-order chi connectivity index (χ0) is 22.0. The average molecular weight is 491 g/mol. The Balaban J connectivity index is 1.55. The monoisotopic (exact) mass is 490 g/mol. The predicted octanol–water partition coefficient (Wildman–Crippen LogP) is 4.89. The van der Waals surface area contributed by atoms with Crippen LogP contribution >= 0.6 is 15.9 Å². The van der Waals surface area contributed by atoms with Gasteiger partial charge in [-0.15, -0.1) is 0 Å². The van der Waals surface area contributed by atoms with Gasteiger partial charge in [-0.2, -0.15) is 0 Å². The molecule has 2 fully saturated rings. The Labute approximate surface area is 191 Å². The third-order valence-electron chi connectivity index (χ3n) is 6.14. The molecule has 31 heavy (non-hydrogen) atoms. The van der Waals surface area contributed by atoms with E-state index in [1.807, 2.05) is 43.0 Å². The molecule has 4 rings (SSSR count). The fourth-order valence-electron chi connectivity index (χ4n) is 4.60. The standard InChI is InChI=1S/C24H28BrFN2O3/c1-16-14-28(15-17(2)31-16)22-8-7-20(13-21(22)26)27-23(29)24(9-11-30-12-10-24)18-3-5-19(25)6-4-18/h3-8,13,16-17H,9-12,14-15H2,1-2H3,(H,27,29). The summed E-state index contributed by atoms with van der Waals surface area (Å²) in [4.78, 5) is 15.4. The number of amides is 1. The van der Waals surface area contributed by atoms with Crippen molar-refractivity contribution in [2.45, 2.75) is 44.3 Å². The van der Waals surface area contributed by atoms with E-state index in [1.54, 1.807) is 12.1 Å². The number of nitrogens with one attached hydrogen (secondary N) is 1. The molecule has 5 nitrogen and oxygen atoms in total. The Morgan fingerprint density at radius 2 is 1.74 bits per heavy atom. The zero-order valence-electron chi connectivity index (χ0n) is 17.9. The molecule has 2 aliphatic rings. The normalized spacial score (nSPS) is 23.4. The van der Waals surface area contributed by atoms with Crippen LogP contribution in [-0.2, 0) is 19.7 Å². The Morgan fingerprint density at radius 1 is 1.10 bits per heavy atom. The highest BCUT2D eigenvalue weighted by atomic mass is 79.9. The van der Waals surface area contributed by atoms with Crippen LogP contribution < -0.4 is 10.2 Å². The lowest BCUT2D eigenvalue weighted by Gasteiger charge is -2.37. The van der Waals surface area contributed by atoms with Crippen LogP contribution in [0.4, 0.5) is 15.8 Å². The van der Waals surface area contributed by atoms with Gasteiger partial charge in [-0.1, -0.05) is 28.1 Å². The minimum absolute atomic E-state index is 0.0433. The van der Waals surface area contributed by atoms with Crippen LogP contribution in [0.1, 0.15) is 32.3 Å². The van der Waals surface area contributed by atoms with Crippen molar-refractivity contribution in [3.63, 3.8) is 0 Å². The number of morpholine rings is 1. The Bertz CT molecular complexity index is 921. The van der Waals surface area contributed by atoms with Crippen molar-refractivity contribution in [2.75, 3.05) is 36.5 Å². The van der Waals surface area contributed by atoms with Gasteiger partial charge in [0.05, 0.1) is 23.3 Å². The van der Waals surface area contributed by atoms with Gasteiger partial charge < -0.3 is 19.7 Å². The SMILES string of the molecule is CC1CN(c2ccc(NC(=O)C3(c4ccc(Br)cc4)CCOCC3)cc2F)CC(C)O1.